The Bertz CT molecular complexity index is 745. The van der Waals surface area contributed by atoms with E-state index in [1.54, 1.807) is 0 Å². The molecule has 0 bridgehead atoms. The van der Waals surface area contributed by atoms with Gasteiger partial charge in [0.1, 0.15) is 0 Å². The van der Waals surface area contributed by atoms with Crippen LogP contribution in [-0.2, 0) is 12.8 Å². The maximum absolute atomic E-state index is 5.77. The number of benzene rings is 3. The maximum atomic E-state index is 5.77. The van der Waals surface area contributed by atoms with Gasteiger partial charge in [0.2, 0.25) is 0 Å². The number of hydrogen-bond donors (Lipinski definition) is 2. The summed E-state index contributed by atoms with van der Waals surface area (Å²) >= 11 is 0. The third-order valence-electron chi connectivity index (χ3n) is 5.12. The second kappa shape index (κ2) is 8.09. The molecule has 0 saturated heterocycles. The van der Waals surface area contributed by atoms with Crippen molar-refractivity contribution in [1.29, 1.82) is 0 Å². The van der Waals surface area contributed by atoms with Gasteiger partial charge in [-0.3, -0.25) is 0 Å². The highest BCUT2D eigenvalue weighted by Gasteiger charge is 2.10. The molecule has 3 rings (SSSR count). The van der Waals surface area contributed by atoms with Crippen molar-refractivity contribution in [3.8, 4) is 0 Å². The smallest absolute Gasteiger partial charge is 0.0314 e. The van der Waals surface area contributed by atoms with Crippen LogP contribution in [0.15, 0.2) is 72.8 Å². The lowest BCUT2D eigenvalue weighted by Gasteiger charge is -2.16. The van der Waals surface area contributed by atoms with Crippen LogP contribution in [0.5, 0.6) is 0 Å². The van der Waals surface area contributed by atoms with Gasteiger partial charge < -0.3 is 11.5 Å². The Labute approximate surface area is 156 Å². The zero-order valence-corrected chi connectivity index (χ0v) is 15.7. The number of nitrogens with two attached hydrogens (primary N) is 2. The molecular weight excluding hydrogens is 316 g/mol. The van der Waals surface area contributed by atoms with E-state index in [-0.39, 0.29) is 0 Å². The highest BCUT2D eigenvalue weighted by Crippen LogP contribution is 2.25. The van der Waals surface area contributed by atoms with Crippen molar-refractivity contribution in [3.05, 3.63) is 95.1 Å². The highest BCUT2D eigenvalue weighted by atomic mass is 14.5. The molecule has 2 heteroatoms. The molecule has 0 heterocycles. The number of nitrogen functional groups attached to an aromatic ring is 2. The van der Waals surface area contributed by atoms with E-state index in [1.807, 2.05) is 24.3 Å². The topological polar surface area (TPSA) is 52.0 Å². The van der Waals surface area contributed by atoms with Gasteiger partial charge in [-0.1, -0.05) is 62.4 Å². The first-order valence-electron chi connectivity index (χ1n) is 9.30. The quantitative estimate of drug-likeness (QED) is 0.577. The normalized spacial score (nSPS) is 13.3. The van der Waals surface area contributed by atoms with Crippen molar-refractivity contribution < 1.29 is 0 Å². The average Bonchev–Trinajstić information content (AvgIpc) is 2.65. The van der Waals surface area contributed by atoms with Gasteiger partial charge >= 0.3 is 0 Å². The van der Waals surface area contributed by atoms with Crippen LogP contribution in [0.2, 0.25) is 0 Å². The maximum Gasteiger partial charge on any atom is 0.0314 e. The molecule has 0 aliphatic heterocycles. The van der Waals surface area contributed by atoms with Gasteiger partial charge in [0, 0.05) is 11.4 Å². The molecule has 2 unspecified atom stereocenters. The fourth-order valence-corrected chi connectivity index (χ4v) is 3.40. The summed E-state index contributed by atoms with van der Waals surface area (Å²) in [6.07, 6.45) is 2.06. The lowest BCUT2D eigenvalue weighted by Crippen LogP contribution is -2.02. The summed E-state index contributed by atoms with van der Waals surface area (Å²) in [5.74, 6) is 0.972. The lowest BCUT2D eigenvalue weighted by molar-refractivity contribution is 0.744. The van der Waals surface area contributed by atoms with E-state index in [4.69, 9.17) is 11.5 Å². The van der Waals surface area contributed by atoms with Gasteiger partial charge in [-0.05, 0) is 71.2 Å². The first-order chi connectivity index (χ1) is 12.5. The van der Waals surface area contributed by atoms with Gasteiger partial charge in [-0.15, -0.1) is 0 Å². The Hall–Kier alpha value is -2.74. The Kier molecular flexibility index (Phi) is 5.62. The molecule has 134 valence electrons. The van der Waals surface area contributed by atoms with Gasteiger partial charge in [0.25, 0.3) is 0 Å². The van der Waals surface area contributed by atoms with Crippen molar-refractivity contribution in [2.24, 2.45) is 0 Å². The Balaban J connectivity index is 1.63. The number of hydrogen-bond acceptors (Lipinski definition) is 2. The Morgan fingerprint density at radius 2 is 0.846 bits per heavy atom. The minimum atomic E-state index is 0.486. The minimum Gasteiger partial charge on any atom is -0.399 e. The first kappa shape index (κ1) is 18.1. The molecule has 0 radical (unpaired) electrons. The SMILES string of the molecule is CC(Cc1ccc(N)cc1)c1ccc(C(C)Cc2ccc(N)cc2)cc1. The van der Waals surface area contributed by atoms with Gasteiger partial charge in [-0.25, -0.2) is 0 Å². The molecule has 0 aliphatic rings. The third-order valence-corrected chi connectivity index (χ3v) is 5.12. The van der Waals surface area contributed by atoms with Crippen molar-refractivity contribution in [3.63, 3.8) is 0 Å². The van der Waals surface area contributed by atoms with Crippen LogP contribution in [0.4, 0.5) is 11.4 Å². The highest BCUT2D eigenvalue weighted by molar-refractivity contribution is 5.41. The fraction of sp³-hybridized carbons (Fsp3) is 0.250. The minimum absolute atomic E-state index is 0.486. The molecule has 2 nitrogen and oxygen atoms in total. The van der Waals surface area contributed by atoms with E-state index in [9.17, 15) is 0 Å². The van der Waals surface area contributed by atoms with Crippen LogP contribution in [0.1, 0.15) is 47.9 Å². The Morgan fingerprint density at radius 1 is 0.538 bits per heavy atom. The van der Waals surface area contributed by atoms with Crippen LogP contribution >= 0.6 is 0 Å². The van der Waals surface area contributed by atoms with E-state index in [2.05, 4.69) is 62.4 Å². The van der Waals surface area contributed by atoms with Crippen LogP contribution < -0.4 is 11.5 Å². The van der Waals surface area contributed by atoms with E-state index in [1.165, 1.54) is 22.3 Å². The van der Waals surface area contributed by atoms with E-state index in [0.29, 0.717) is 11.8 Å². The van der Waals surface area contributed by atoms with Crippen molar-refractivity contribution in [2.45, 2.75) is 38.5 Å². The Morgan fingerprint density at radius 3 is 1.15 bits per heavy atom. The van der Waals surface area contributed by atoms with Crippen LogP contribution in [-0.4, -0.2) is 0 Å². The molecule has 0 spiro atoms. The summed E-state index contributed by atoms with van der Waals surface area (Å²) in [6, 6.07) is 25.5. The number of anilines is 2. The summed E-state index contributed by atoms with van der Waals surface area (Å²) in [6.45, 7) is 4.56. The molecule has 4 N–H and O–H groups in total. The third kappa shape index (κ3) is 4.66. The largest absolute Gasteiger partial charge is 0.399 e. The molecule has 0 amide bonds. The summed E-state index contributed by atoms with van der Waals surface area (Å²) in [5.41, 5.74) is 18.6. The van der Waals surface area contributed by atoms with E-state index in [0.717, 1.165) is 24.2 Å². The summed E-state index contributed by atoms with van der Waals surface area (Å²) < 4.78 is 0. The summed E-state index contributed by atoms with van der Waals surface area (Å²) in [4.78, 5) is 0. The summed E-state index contributed by atoms with van der Waals surface area (Å²) in [5, 5.41) is 0. The molecular formula is C24H28N2. The fourth-order valence-electron chi connectivity index (χ4n) is 3.40. The van der Waals surface area contributed by atoms with Crippen molar-refractivity contribution in [1.82, 2.24) is 0 Å². The summed E-state index contributed by atoms with van der Waals surface area (Å²) in [7, 11) is 0. The standard InChI is InChI=1S/C24H28N2/c1-17(15-19-3-11-23(25)12-4-19)21-7-9-22(10-8-21)18(2)16-20-5-13-24(26)14-6-20/h3-14,17-18H,15-16,25-26H2,1-2H3. The monoisotopic (exact) mass is 344 g/mol. The zero-order valence-electron chi connectivity index (χ0n) is 15.7. The first-order valence-corrected chi connectivity index (χ1v) is 9.30. The van der Waals surface area contributed by atoms with Crippen molar-refractivity contribution in [2.75, 3.05) is 11.5 Å². The van der Waals surface area contributed by atoms with Crippen molar-refractivity contribution >= 4 is 11.4 Å². The van der Waals surface area contributed by atoms with Crippen LogP contribution in [0.3, 0.4) is 0 Å². The van der Waals surface area contributed by atoms with Crippen LogP contribution in [0.25, 0.3) is 0 Å². The molecule has 26 heavy (non-hydrogen) atoms. The lowest BCUT2D eigenvalue weighted by atomic mass is 9.89. The molecule has 0 aromatic heterocycles. The molecule has 2 atom stereocenters. The second-order valence-corrected chi connectivity index (χ2v) is 7.36. The average molecular weight is 345 g/mol. The molecule has 0 saturated carbocycles. The predicted octanol–water partition coefficient (Wildman–Crippen LogP) is 5.54. The zero-order chi connectivity index (χ0) is 18.5. The van der Waals surface area contributed by atoms with E-state index >= 15 is 0 Å². The van der Waals surface area contributed by atoms with Gasteiger partial charge in [0.15, 0.2) is 0 Å². The molecule has 0 fully saturated rings. The predicted molar refractivity (Wildman–Crippen MR) is 112 cm³/mol. The van der Waals surface area contributed by atoms with Crippen LogP contribution in [0, 0.1) is 0 Å². The number of rotatable bonds is 6. The second-order valence-electron chi connectivity index (χ2n) is 7.36. The molecule has 0 aliphatic carbocycles. The van der Waals surface area contributed by atoms with E-state index < -0.39 is 0 Å². The molecule has 3 aromatic carbocycles. The molecule has 3 aromatic rings. The van der Waals surface area contributed by atoms with Gasteiger partial charge in [-0.2, -0.15) is 0 Å². The van der Waals surface area contributed by atoms with Gasteiger partial charge in [0.05, 0.1) is 0 Å².